The van der Waals surface area contributed by atoms with E-state index in [4.69, 9.17) is 9.84 Å². The van der Waals surface area contributed by atoms with Crippen LogP contribution >= 0.6 is 23.1 Å². The molecule has 0 aromatic carbocycles. The van der Waals surface area contributed by atoms with Crippen LogP contribution in [-0.4, -0.2) is 35.7 Å². The molecule has 0 fully saturated rings. The van der Waals surface area contributed by atoms with Crippen molar-refractivity contribution in [3.05, 3.63) is 16.0 Å². The number of carboxylic acid groups (broad SMARTS) is 1. The maximum Gasteiger partial charge on any atom is 0.348 e. The van der Waals surface area contributed by atoms with Gasteiger partial charge in [-0.2, -0.15) is 0 Å². The highest BCUT2D eigenvalue weighted by Crippen LogP contribution is 2.40. The van der Waals surface area contributed by atoms with Crippen LogP contribution in [0.15, 0.2) is 4.21 Å². The third kappa shape index (κ3) is 2.82. The number of thiophene rings is 1. The van der Waals surface area contributed by atoms with Crippen molar-refractivity contribution in [3.8, 4) is 0 Å². The summed E-state index contributed by atoms with van der Waals surface area (Å²) in [5, 5.41) is 8.71. The Kier molecular flexibility index (Phi) is 4.26. The highest BCUT2D eigenvalue weighted by atomic mass is 32.2. The van der Waals surface area contributed by atoms with E-state index >= 15 is 0 Å². The molecule has 0 atom stereocenters. The second-order valence-electron chi connectivity index (χ2n) is 4.02. The Morgan fingerprint density at radius 1 is 1.42 bits per heavy atom. The van der Waals surface area contributed by atoms with Crippen LogP contribution in [0.5, 0.6) is 0 Å². The number of hydrogen-bond donors (Lipinski definition) is 1. The first-order chi connectivity index (χ1) is 9.04. The lowest BCUT2D eigenvalue weighted by Gasteiger charge is -2.12. The molecule has 2 rings (SSSR count). The van der Waals surface area contributed by atoms with Crippen LogP contribution in [0.4, 0.5) is 0 Å². The molecule has 1 aliphatic rings. The van der Waals surface area contributed by atoms with E-state index in [1.165, 1.54) is 7.11 Å². The normalized spacial score (nSPS) is 14.1. The lowest BCUT2D eigenvalue weighted by molar-refractivity contribution is -0.133. The number of carbonyl (C=O) groups is 3. The van der Waals surface area contributed by atoms with Crippen LogP contribution < -0.4 is 0 Å². The van der Waals surface area contributed by atoms with Gasteiger partial charge in [-0.3, -0.25) is 9.59 Å². The van der Waals surface area contributed by atoms with E-state index in [2.05, 4.69) is 0 Å². The molecular formula is C12H12O5S2. The molecular weight excluding hydrogens is 288 g/mol. The van der Waals surface area contributed by atoms with Crippen molar-refractivity contribution >= 4 is 40.8 Å². The molecule has 0 saturated heterocycles. The lowest BCUT2D eigenvalue weighted by atomic mass is 9.93. The number of aliphatic carboxylic acids is 1. The number of ketones is 1. The summed E-state index contributed by atoms with van der Waals surface area (Å²) in [4.78, 5) is 34.7. The van der Waals surface area contributed by atoms with Gasteiger partial charge in [0.25, 0.3) is 0 Å². The first-order valence-corrected chi connectivity index (χ1v) is 7.46. The topological polar surface area (TPSA) is 80.7 Å². The minimum atomic E-state index is -0.949. The first kappa shape index (κ1) is 14.1. The fraction of sp³-hybridized carbons (Fsp3) is 0.417. The molecule has 1 aliphatic carbocycles. The molecule has 7 heteroatoms. The zero-order valence-electron chi connectivity index (χ0n) is 10.2. The number of ether oxygens (including phenoxy) is 1. The smallest absolute Gasteiger partial charge is 0.348 e. The maximum atomic E-state index is 12.0. The Morgan fingerprint density at radius 3 is 2.79 bits per heavy atom. The largest absolute Gasteiger partial charge is 0.481 e. The number of esters is 1. The minimum Gasteiger partial charge on any atom is -0.481 e. The SMILES string of the molecule is COC(=O)c1sc(SCC(=O)O)c2c1CCCC2=O. The summed E-state index contributed by atoms with van der Waals surface area (Å²) in [5.74, 6) is -1.55. The predicted octanol–water partition coefficient (Wildman–Crippen LogP) is 2.23. The monoisotopic (exact) mass is 300 g/mol. The Hall–Kier alpha value is -1.34. The highest BCUT2D eigenvalue weighted by molar-refractivity contribution is 8.01. The third-order valence-electron chi connectivity index (χ3n) is 2.78. The fourth-order valence-electron chi connectivity index (χ4n) is 2.00. The fourth-order valence-corrected chi connectivity index (χ4v) is 4.32. The van der Waals surface area contributed by atoms with Crippen LogP contribution in [0.2, 0.25) is 0 Å². The second kappa shape index (κ2) is 5.75. The van der Waals surface area contributed by atoms with Gasteiger partial charge in [-0.15, -0.1) is 23.1 Å². The van der Waals surface area contributed by atoms with Gasteiger partial charge in [-0.1, -0.05) is 0 Å². The van der Waals surface area contributed by atoms with Crippen molar-refractivity contribution < 1.29 is 24.2 Å². The number of methoxy groups -OCH3 is 1. The summed E-state index contributed by atoms with van der Waals surface area (Å²) in [6.07, 6.45) is 1.83. The molecule has 0 amide bonds. The molecule has 0 bridgehead atoms. The lowest BCUT2D eigenvalue weighted by Crippen LogP contribution is -2.12. The number of hydrogen-bond acceptors (Lipinski definition) is 6. The minimum absolute atomic E-state index is 0.0134. The van der Waals surface area contributed by atoms with Crippen molar-refractivity contribution in [2.75, 3.05) is 12.9 Å². The van der Waals surface area contributed by atoms with Crippen molar-refractivity contribution in [1.29, 1.82) is 0 Å². The van der Waals surface area contributed by atoms with E-state index in [9.17, 15) is 14.4 Å². The number of fused-ring (bicyclic) bond motifs is 1. The Morgan fingerprint density at radius 2 is 2.16 bits per heavy atom. The first-order valence-electron chi connectivity index (χ1n) is 5.66. The van der Waals surface area contributed by atoms with E-state index in [1.54, 1.807) is 0 Å². The van der Waals surface area contributed by atoms with E-state index in [-0.39, 0.29) is 11.5 Å². The van der Waals surface area contributed by atoms with Crippen molar-refractivity contribution in [1.82, 2.24) is 0 Å². The van der Waals surface area contributed by atoms with Crippen LogP contribution in [0, 0.1) is 0 Å². The molecule has 0 spiro atoms. The Labute approximate surface area is 118 Å². The van der Waals surface area contributed by atoms with Crippen molar-refractivity contribution in [3.63, 3.8) is 0 Å². The van der Waals surface area contributed by atoms with Crippen LogP contribution in [0.3, 0.4) is 0 Å². The van der Waals surface area contributed by atoms with Crippen molar-refractivity contribution in [2.24, 2.45) is 0 Å². The van der Waals surface area contributed by atoms with Gasteiger partial charge < -0.3 is 9.84 Å². The average Bonchev–Trinajstić information content (AvgIpc) is 2.76. The molecule has 1 aromatic heterocycles. The number of rotatable bonds is 4. The molecule has 1 N–H and O–H groups in total. The van der Waals surface area contributed by atoms with E-state index in [1.807, 2.05) is 0 Å². The van der Waals surface area contributed by atoms with Crippen molar-refractivity contribution in [2.45, 2.75) is 23.5 Å². The van der Waals surface area contributed by atoms with Crippen LogP contribution in [0.25, 0.3) is 0 Å². The van der Waals surface area contributed by atoms with Gasteiger partial charge in [0.2, 0.25) is 0 Å². The Balaban J connectivity index is 2.42. The summed E-state index contributed by atoms with van der Waals surface area (Å²) in [5.41, 5.74) is 1.25. The molecule has 0 unspecified atom stereocenters. The van der Waals surface area contributed by atoms with Gasteiger partial charge in [0.1, 0.15) is 4.88 Å². The predicted molar refractivity (Wildman–Crippen MR) is 71.3 cm³/mol. The molecule has 19 heavy (non-hydrogen) atoms. The van der Waals surface area contributed by atoms with Gasteiger partial charge >= 0.3 is 11.9 Å². The van der Waals surface area contributed by atoms with Gasteiger partial charge in [0.15, 0.2) is 5.78 Å². The van der Waals surface area contributed by atoms with Crippen LogP contribution in [0.1, 0.15) is 38.4 Å². The standard InChI is InChI=1S/C12H12O5S2/c1-17-11(16)10-6-3-2-4-7(13)9(6)12(19-10)18-5-8(14)15/h2-5H2,1H3,(H,14,15). The molecule has 0 aliphatic heterocycles. The quantitative estimate of drug-likeness (QED) is 0.678. The van der Waals surface area contributed by atoms with E-state index in [0.29, 0.717) is 27.5 Å². The van der Waals surface area contributed by atoms with Gasteiger partial charge in [0, 0.05) is 12.0 Å². The summed E-state index contributed by atoms with van der Waals surface area (Å²) in [6.45, 7) is 0. The summed E-state index contributed by atoms with van der Waals surface area (Å²) >= 11 is 2.24. The van der Waals surface area contributed by atoms with Gasteiger partial charge in [-0.05, 0) is 18.4 Å². The van der Waals surface area contributed by atoms with E-state index < -0.39 is 11.9 Å². The highest BCUT2D eigenvalue weighted by Gasteiger charge is 2.30. The molecule has 5 nitrogen and oxygen atoms in total. The summed E-state index contributed by atoms with van der Waals surface area (Å²) in [7, 11) is 1.29. The zero-order valence-corrected chi connectivity index (χ0v) is 11.9. The number of carbonyl (C=O) groups excluding carboxylic acids is 2. The maximum absolute atomic E-state index is 12.0. The molecule has 102 valence electrons. The zero-order chi connectivity index (χ0) is 14.0. The molecule has 0 radical (unpaired) electrons. The Bertz CT molecular complexity index is 547. The molecule has 0 saturated carbocycles. The number of carboxylic acids is 1. The van der Waals surface area contributed by atoms with Gasteiger partial charge in [-0.25, -0.2) is 4.79 Å². The molecule has 1 aromatic rings. The van der Waals surface area contributed by atoms with E-state index in [0.717, 1.165) is 35.1 Å². The molecule has 1 heterocycles. The summed E-state index contributed by atoms with van der Waals surface area (Å²) in [6, 6.07) is 0. The average molecular weight is 300 g/mol. The number of thioether (sulfide) groups is 1. The second-order valence-corrected chi connectivity index (χ2v) is 6.29. The van der Waals surface area contributed by atoms with Gasteiger partial charge in [0.05, 0.1) is 17.1 Å². The number of Topliss-reactive ketones (excluding diaryl/α,β-unsaturated/α-hetero) is 1. The van der Waals surface area contributed by atoms with Crippen LogP contribution in [-0.2, 0) is 16.0 Å². The third-order valence-corrected chi connectivity index (χ3v) is 5.25. The summed E-state index contributed by atoms with van der Waals surface area (Å²) < 4.78 is 5.32.